The highest BCUT2D eigenvalue weighted by Gasteiger charge is 2.26. The Morgan fingerprint density at radius 2 is 2.10 bits per heavy atom. The maximum atomic E-state index is 12.6. The van der Waals surface area contributed by atoms with Gasteiger partial charge in [0.25, 0.3) is 0 Å². The van der Waals surface area contributed by atoms with Crippen molar-refractivity contribution in [2.75, 3.05) is 18.1 Å². The summed E-state index contributed by atoms with van der Waals surface area (Å²) >= 11 is 0. The van der Waals surface area contributed by atoms with Crippen LogP contribution < -0.4 is 10.5 Å². The van der Waals surface area contributed by atoms with Crippen LogP contribution in [-0.2, 0) is 10.8 Å². The monoisotopic (exact) mass is 287 g/mol. The van der Waals surface area contributed by atoms with Crippen LogP contribution in [0, 0.1) is 6.92 Å². The van der Waals surface area contributed by atoms with E-state index in [4.69, 9.17) is 10.5 Å². The summed E-state index contributed by atoms with van der Waals surface area (Å²) in [5.74, 6) is 1.63. The van der Waals surface area contributed by atoms with Gasteiger partial charge in [-0.15, -0.1) is 0 Å². The molecule has 2 N–H and O–H groups in total. The maximum Gasteiger partial charge on any atom is 0.122 e. The lowest BCUT2D eigenvalue weighted by molar-refractivity contribution is 0.338. The van der Waals surface area contributed by atoms with E-state index in [1.54, 1.807) is 0 Å². The van der Waals surface area contributed by atoms with Crippen LogP contribution in [0.25, 0.3) is 0 Å². The van der Waals surface area contributed by atoms with Crippen molar-refractivity contribution in [3.8, 4) is 5.75 Å². The lowest BCUT2D eigenvalue weighted by Crippen LogP contribution is -2.12. The van der Waals surface area contributed by atoms with Crippen molar-refractivity contribution in [1.82, 2.24) is 0 Å². The molecule has 2 atom stereocenters. The first-order valence-electron chi connectivity index (χ1n) is 6.61. The molecule has 1 aliphatic heterocycles. The maximum absolute atomic E-state index is 12.6. The van der Waals surface area contributed by atoms with Gasteiger partial charge in [0.2, 0.25) is 0 Å². The van der Waals surface area contributed by atoms with Gasteiger partial charge in [0.15, 0.2) is 0 Å². The molecular weight excluding hydrogens is 270 g/mol. The Balaban J connectivity index is 1.82. The first-order chi connectivity index (χ1) is 9.65. The van der Waals surface area contributed by atoms with Gasteiger partial charge in [-0.25, -0.2) is 0 Å². The second-order valence-electron chi connectivity index (χ2n) is 5.10. The van der Waals surface area contributed by atoms with Crippen LogP contribution in [0.1, 0.15) is 17.0 Å². The standard InChI is InChI=1S/C16H17NO2S/c1-11-6-7-14(17)16(8-11)20(18)10-12-9-19-15-5-3-2-4-13(12)15/h2-8,12H,9-10,17H2,1H3. The van der Waals surface area contributed by atoms with Gasteiger partial charge in [0, 0.05) is 22.9 Å². The summed E-state index contributed by atoms with van der Waals surface area (Å²) < 4.78 is 18.2. The molecule has 0 saturated carbocycles. The number of rotatable bonds is 3. The minimum Gasteiger partial charge on any atom is -0.493 e. The minimum atomic E-state index is -1.11. The third-order valence-electron chi connectivity index (χ3n) is 3.57. The molecule has 3 rings (SSSR count). The average molecular weight is 287 g/mol. The van der Waals surface area contributed by atoms with Crippen molar-refractivity contribution >= 4 is 16.5 Å². The fourth-order valence-corrected chi connectivity index (χ4v) is 3.95. The molecule has 2 aromatic carbocycles. The first kappa shape index (κ1) is 13.2. The van der Waals surface area contributed by atoms with E-state index in [2.05, 4.69) is 0 Å². The van der Waals surface area contributed by atoms with Gasteiger partial charge in [-0.3, -0.25) is 4.21 Å². The molecule has 0 amide bonds. The number of anilines is 1. The molecule has 0 aliphatic carbocycles. The average Bonchev–Trinajstić information content (AvgIpc) is 2.85. The lowest BCUT2D eigenvalue weighted by atomic mass is 10.0. The van der Waals surface area contributed by atoms with Crippen LogP contribution in [0.2, 0.25) is 0 Å². The zero-order chi connectivity index (χ0) is 14.1. The second-order valence-corrected chi connectivity index (χ2v) is 6.56. The van der Waals surface area contributed by atoms with E-state index in [-0.39, 0.29) is 5.92 Å². The highest BCUT2D eigenvalue weighted by Crippen LogP contribution is 2.35. The number of benzene rings is 2. The Morgan fingerprint density at radius 3 is 2.95 bits per heavy atom. The molecule has 104 valence electrons. The summed E-state index contributed by atoms with van der Waals surface area (Å²) in [5, 5.41) is 0. The molecule has 0 spiro atoms. The number of nitrogen functional groups attached to an aromatic ring is 1. The van der Waals surface area contributed by atoms with E-state index >= 15 is 0 Å². The molecule has 0 bridgehead atoms. The van der Waals surface area contributed by atoms with Crippen LogP contribution in [0.3, 0.4) is 0 Å². The molecule has 20 heavy (non-hydrogen) atoms. The topological polar surface area (TPSA) is 52.3 Å². The zero-order valence-electron chi connectivity index (χ0n) is 11.3. The molecule has 0 aromatic heterocycles. The van der Waals surface area contributed by atoms with Crippen LogP contribution in [0.15, 0.2) is 47.4 Å². The molecule has 0 radical (unpaired) electrons. The molecule has 0 saturated heterocycles. The van der Waals surface area contributed by atoms with Gasteiger partial charge in [0.1, 0.15) is 5.75 Å². The van der Waals surface area contributed by atoms with Crippen LogP contribution in [0.5, 0.6) is 5.75 Å². The summed E-state index contributed by atoms with van der Waals surface area (Å²) in [4.78, 5) is 0.731. The molecule has 2 aromatic rings. The Labute approximate surface area is 121 Å². The number of hydrogen-bond donors (Lipinski definition) is 1. The third kappa shape index (κ3) is 2.43. The van der Waals surface area contributed by atoms with Gasteiger partial charge in [-0.1, -0.05) is 24.3 Å². The number of ether oxygens (including phenoxy) is 1. The summed E-state index contributed by atoms with van der Waals surface area (Å²) in [6.45, 7) is 2.57. The Hall–Kier alpha value is -1.81. The smallest absolute Gasteiger partial charge is 0.122 e. The fourth-order valence-electron chi connectivity index (χ4n) is 2.48. The second kappa shape index (κ2) is 5.29. The number of fused-ring (bicyclic) bond motifs is 1. The van der Waals surface area contributed by atoms with Crippen molar-refractivity contribution in [1.29, 1.82) is 0 Å². The summed E-state index contributed by atoms with van der Waals surface area (Å²) in [6.07, 6.45) is 0. The summed E-state index contributed by atoms with van der Waals surface area (Å²) in [5.41, 5.74) is 8.75. The first-order valence-corrected chi connectivity index (χ1v) is 7.93. The predicted octanol–water partition coefficient (Wildman–Crippen LogP) is 2.86. The molecular formula is C16H17NO2S. The van der Waals surface area contributed by atoms with Gasteiger partial charge in [-0.2, -0.15) is 0 Å². The quantitative estimate of drug-likeness (QED) is 0.883. The molecule has 2 unspecified atom stereocenters. The fraction of sp³-hybridized carbons (Fsp3) is 0.250. The van der Waals surface area contributed by atoms with Gasteiger partial charge >= 0.3 is 0 Å². The minimum absolute atomic E-state index is 0.173. The molecule has 1 aliphatic rings. The summed E-state index contributed by atoms with van der Waals surface area (Å²) in [6, 6.07) is 13.6. The van der Waals surface area contributed by atoms with Crippen molar-refractivity contribution in [3.05, 3.63) is 53.6 Å². The van der Waals surface area contributed by atoms with E-state index in [1.807, 2.05) is 49.4 Å². The third-order valence-corrected chi connectivity index (χ3v) is 5.11. The normalized spacial score (nSPS) is 18.4. The van der Waals surface area contributed by atoms with E-state index in [0.717, 1.165) is 21.8 Å². The molecule has 3 nitrogen and oxygen atoms in total. The summed E-state index contributed by atoms with van der Waals surface area (Å²) in [7, 11) is -1.11. The van der Waals surface area contributed by atoms with Crippen LogP contribution in [0.4, 0.5) is 5.69 Å². The van der Waals surface area contributed by atoms with E-state index < -0.39 is 10.8 Å². The SMILES string of the molecule is Cc1ccc(N)c(S(=O)CC2COc3ccccc32)c1. The lowest BCUT2D eigenvalue weighted by Gasteiger charge is -2.11. The van der Waals surface area contributed by atoms with E-state index in [1.165, 1.54) is 0 Å². The van der Waals surface area contributed by atoms with Crippen molar-refractivity contribution in [3.63, 3.8) is 0 Å². The molecule has 0 fully saturated rings. The van der Waals surface area contributed by atoms with Crippen molar-refractivity contribution in [2.45, 2.75) is 17.7 Å². The van der Waals surface area contributed by atoms with Crippen molar-refractivity contribution < 1.29 is 8.95 Å². The largest absolute Gasteiger partial charge is 0.493 e. The van der Waals surface area contributed by atoms with Gasteiger partial charge in [-0.05, 0) is 30.7 Å². The van der Waals surface area contributed by atoms with Crippen LogP contribution >= 0.6 is 0 Å². The highest BCUT2D eigenvalue weighted by molar-refractivity contribution is 7.85. The van der Waals surface area contributed by atoms with E-state index in [0.29, 0.717) is 18.0 Å². The number of nitrogens with two attached hydrogens (primary N) is 1. The van der Waals surface area contributed by atoms with Crippen molar-refractivity contribution in [2.24, 2.45) is 0 Å². The Bertz CT molecular complexity index is 669. The number of aryl methyl sites for hydroxylation is 1. The Kier molecular flexibility index (Phi) is 3.49. The molecule has 4 heteroatoms. The Morgan fingerprint density at radius 1 is 1.30 bits per heavy atom. The zero-order valence-corrected chi connectivity index (χ0v) is 12.2. The number of para-hydroxylation sites is 1. The van der Waals surface area contributed by atoms with Crippen LogP contribution in [-0.4, -0.2) is 16.6 Å². The highest BCUT2D eigenvalue weighted by atomic mass is 32.2. The van der Waals surface area contributed by atoms with E-state index in [9.17, 15) is 4.21 Å². The van der Waals surface area contributed by atoms with Gasteiger partial charge < -0.3 is 10.5 Å². The number of hydrogen-bond acceptors (Lipinski definition) is 3. The predicted molar refractivity (Wildman–Crippen MR) is 81.5 cm³/mol. The molecule has 1 heterocycles. The van der Waals surface area contributed by atoms with Gasteiger partial charge in [0.05, 0.1) is 22.3 Å².